The van der Waals surface area contributed by atoms with Crippen LogP contribution in [-0.4, -0.2) is 37.3 Å². The molecule has 0 atom stereocenters. The molecule has 0 aromatic carbocycles. The number of carbonyl (C=O) groups is 1. The minimum absolute atomic E-state index is 0.272. The number of nitro groups is 1. The number of hydrogen-bond donors (Lipinski definition) is 2. The molecule has 2 heterocycles. The molecule has 9 heteroatoms. The summed E-state index contributed by atoms with van der Waals surface area (Å²) in [7, 11) is 1.81. The molecule has 2 aromatic rings. The number of nitrogens with one attached hydrogen (secondary N) is 1. The molecule has 0 spiro atoms. The maximum atomic E-state index is 11.0. The highest BCUT2D eigenvalue weighted by molar-refractivity contribution is 5.93. The van der Waals surface area contributed by atoms with Gasteiger partial charge in [-0.1, -0.05) is 0 Å². The quantitative estimate of drug-likeness (QED) is 0.602. The van der Waals surface area contributed by atoms with Crippen molar-refractivity contribution < 1.29 is 14.8 Å². The molecule has 0 amide bonds. The summed E-state index contributed by atoms with van der Waals surface area (Å²) in [6.07, 6.45) is 3.39. The molecule has 0 fully saturated rings. The normalized spacial score (nSPS) is 10.3. The second-order valence-corrected chi connectivity index (χ2v) is 4.31. The Bertz CT molecular complexity index is 682. The molecule has 2 aromatic heterocycles. The number of aromatic carboxylic acids is 1. The van der Waals surface area contributed by atoms with Crippen LogP contribution in [0.3, 0.4) is 0 Å². The second kappa shape index (κ2) is 5.99. The Balaban J connectivity index is 2.05. The van der Waals surface area contributed by atoms with Gasteiger partial charge in [-0.15, -0.1) is 0 Å². The third-order valence-corrected chi connectivity index (χ3v) is 2.77. The molecule has 0 bridgehead atoms. The van der Waals surface area contributed by atoms with Crippen molar-refractivity contribution in [3.05, 3.63) is 45.9 Å². The molecular weight excluding hydrogens is 278 g/mol. The van der Waals surface area contributed by atoms with E-state index >= 15 is 0 Å². The number of hydrogen-bond acceptors (Lipinski definition) is 6. The highest BCUT2D eigenvalue weighted by atomic mass is 16.6. The van der Waals surface area contributed by atoms with Crippen LogP contribution in [0, 0.1) is 10.1 Å². The van der Waals surface area contributed by atoms with Crippen molar-refractivity contribution in [1.29, 1.82) is 0 Å². The predicted molar refractivity (Wildman–Crippen MR) is 73.3 cm³/mol. The number of carboxylic acid groups (broad SMARTS) is 1. The lowest BCUT2D eigenvalue weighted by molar-refractivity contribution is -0.385. The van der Waals surface area contributed by atoms with E-state index in [0.29, 0.717) is 13.0 Å². The van der Waals surface area contributed by atoms with E-state index in [2.05, 4.69) is 15.4 Å². The number of nitrogens with zero attached hydrogens (tertiary/aromatic N) is 4. The van der Waals surface area contributed by atoms with Gasteiger partial charge in [-0.25, -0.2) is 9.78 Å². The van der Waals surface area contributed by atoms with Gasteiger partial charge >= 0.3 is 11.7 Å². The molecule has 2 N–H and O–H groups in total. The van der Waals surface area contributed by atoms with Crippen LogP contribution in [0.25, 0.3) is 0 Å². The van der Waals surface area contributed by atoms with Gasteiger partial charge in [0.1, 0.15) is 17.6 Å². The Morgan fingerprint density at radius 2 is 2.33 bits per heavy atom. The fraction of sp³-hybridized carbons (Fsp3) is 0.250. The van der Waals surface area contributed by atoms with E-state index in [9.17, 15) is 14.9 Å². The summed E-state index contributed by atoms with van der Waals surface area (Å²) in [4.78, 5) is 24.8. The molecule has 0 aliphatic rings. The van der Waals surface area contributed by atoms with Crippen LogP contribution in [0.4, 0.5) is 11.5 Å². The number of anilines is 1. The van der Waals surface area contributed by atoms with Gasteiger partial charge in [0.2, 0.25) is 0 Å². The third kappa shape index (κ3) is 3.53. The van der Waals surface area contributed by atoms with Crippen molar-refractivity contribution in [2.24, 2.45) is 7.05 Å². The maximum absolute atomic E-state index is 11.0. The molecule has 2 rings (SSSR count). The number of pyridine rings is 1. The van der Waals surface area contributed by atoms with E-state index in [-0.39, 0.29) is 5.82 Å². The van der Waals surface area contributed by atoms with Crippen LogP contribution in [0.1, 0.15) is 16.1 Å². The molecule has 0 unspecified atom stereocenters. The first kappa shape index (κ1) is 14.4. The van der Waals surface area contributed by atoms with Crippen molar-refractivity contribution >= 4 is 17.5 Å². The zero-order valence-corrected chi connectivity index (χ0v) is 11.2. The van der Waals surface area contributed by atoms with Crippen LogP contribution in [-0.2, 0) is 13.5 Å². The summed E-state index contributed by atoms with van der Waals surface area (Å²) >= 11 is 0. The molecule has 0 saturated heterocycles. The van der Waals surface area contributed by atoms with E-state index in [0.717, 1.165) is 18.0 Å². The number of aromatic nitrogens is 3. The lowest BCUT2D eigenvalue weighted by atomic mass is 10.2. The topological polar surface area (TPSA) is 123 Å². The zero-order valence-electron chi connectivity index (χ0n) is 11.2. The van der Waals surface area contributed by atoms with Gasteiger partial charge in [-0.3, -0.25) is 14.8 Å². The second-order valence-electron chi connectivity index (χ2n) is 4.31. The van der Waals surface area contributed by atoms with Crippen LogP contribution >= 0.6 is 0 Å². The van der Waals surface area contributed by atoms with Gasteiger partial charge in [-0.05, 0) is 6.07 Å². The zero-order chi connectivity index (χ0) is 15.4. The summed E-state index contributed by atoms with van der Waals surface area (Å²) in [6.45, 7) is 0.487. The fourth-order valence-corrected chi connectivity index (χ4v) is 1.78. The lowest BCUT2D eigenvalue weighted by Gasteiger charge is -2.05. The Kier molecular flexibility index (Phi) is 4.12. The fourth-order valence-electron chi connectivity index (χ4n) is 1.78. The monoisotopic (exact) mass is 291 g/mol. The van der Waals surface area contributed by atoms with Crippen molar-refractivity contribution in [2.45, 2.75) is 6.42 Å². The smallest absolute Gasteiger partial charge is 0.342 e. The highest BCUT2D eigenvalue weighted by Gasteiger charge is 2.20. The van der Waals surface area contributed by atoms with Crippen LogP contribution in [0.5, 0.6) is 0 Å². The van der Waals surface area contributed by atoms with Gasteiger partial charge < -0.3 is 10.4 Å². The average Bonchev–Trinajstić information content (AvgIpc) is 2.84. The standard InChI is InChI=1S/C12H13N5O4/c1-16-5-3-8(15-16)2-4-13-11-6-9(12(18)19)10(7-14-11)17(20)21/h3,5-7H,2,4H2,1H3,(H,13,14)(H,18,19). The molecule has 0 saturated carbocycles. The minimum Gasteiger partial charge on any atom is -0.477 e. The number of aryl methyl sites for hydroxylation is 1. The van der Waals surface area contributed by atoms with Crippen molar-refractivity contribution in [2.75, 3.05) is 11.9 Å². The van der Waals surface area contributed by atoms with Gasteiger partial charge in [0.05, 0.1) is 10.6 Å². The molecule has 9 nitrogen and oxygen atoms in total. The minimum atomic E-state index is -1.36. The van der Waals surface area contributed by atoms with Gasteiger partial charge in [0.15, 0.2) is 0 Å². The summed E-state index contributed by atoms with van der Waals surface area (Å²) in [5, 5.41) is 26.8. The number of carboxylic acids is 1. The predicted octanol–water partition coefficient (Wildman–Crippen LogP) is 1.08. The van der Waals surface area contributed by atoms with Gasteiger partial charge in [0, 0.05) is 32.3 Å². The largest absolute Gasteiger partial charge is 0.477 e. The SMILES string of the molecule is Cn1ccc(CCNc2cc(C(=O)O)c([N+](=O)[O-])cn2)n1. The van der Waals surface area contributed by atoms with E-state index < -0.39 is 22.1 Å². The summed E-state index contributed by atoms with van der Waals surface area (Å²) in [5.74, 6) is -1.09. The molecular formula is C12H13N5O4. The summed E-state index contributed by atoms with van der Waals surface area (Å²) < 4.78 is 1.68. The van der Waals surface area contributed by atoms with Crippen molar-refractivity contribution in [3.8, 4) is 0 Å². The van der Waals surface area contributed by atoms with Crippen LogP contribution in [0.15, 0.2) is 24.5 Å². The van der Waals surface area contributed by atoms with E-state index in [1.54, 1.807) is 4.68 Å². The lowest BCUT2D eigenvalue weighted by Crippen LogP contribution is -2.10. The average molecular weight is 291 g/mol. The van der Waals surface area contributed by atoms with Crippen molar-refractivity contribution in [1.82, 2.24) is 14.8 Å². The molecule has 110 valence electrons. The first-order chi connectivity index (χ1) is 9.97. The highest BCUT2D eigenvalue weighted by Crippen LogP contribution is 2.20. The first-order valence-electron chi connectivity index (χ1n) is 6.07. The molecule has 21 heavy (non-hydrogen) atoms. The first-order valence-corrected chi connectivity index (χ1v) is 6.07. The Morgan fingerprint density at radius 1 is 1.57 bits per heavy atom. The summed E-state index contributed by atoms with van der Waals surface area (Å²) in [5.41, 5.74) is -0.0431. The molecule has 0 aliphatic carbocycles. The van der Waals surface area contributed by atoms with Crippen molar-refractivity contribution in [3.63, 3.8) is 0 Å². The molecule has 0 aliphatic heterocycles. The third-order valence-electron chi connectivity index (χ3n) is 2.77. The maximum Gasteiger partial charge on any atom is 0.342 e. The van der Waals surface area contributed by atoms with Crippen LogP contribution in [0.2, 0.25) is 0 Å². The summed E-state index contributed by atoms with van der Waals surface area (Å²) in [6, 6.07) is 3.02. The van der Waals surface area contributed by atoms with Crippen LogP contribution < -0.4 is 5.32 Å². The van der Waals surface area contributed by atoms with Gasteiger partial charge in [-0.2, -0.15) is 5.10 Å². The van der Waals surface area contributed by atoms with E-state index in [1.165, 1.54) is 0 Å². The molecule has 0 radical (unpaired) electrons. The Hall–Kier alpha value is -2.97. The van der Waals surface area contributed by atoms with E-state index in [1.807, 2.05) is 19.3 Å². The Labute approximate surface area is 119 Å². The van der Waals surface area contributed by atoms with E-state index in [4.69, 9.17) is 5.11 Å². The Morgan fingerprint density at radius 3 is 2.90 bits per heavy atom. The number of rotatable bonds is 6. The van der Waals surface area contributed by atoms with Gasteiger partial charge in [0.25, 0.3) is 0 Å².